The van der Waals surface area contributed by atoms with Crippen LogP contribution in [0.25, 0.3) is 0 Å². The van der Waals surface area contributed by atoms with Gasteiger partial charge in [0.1, 0.15) is 13.2 Å². The van der Waals surface area contributed by atoms with Gasteiger partial charge in [-0.25, -0.2) is 0 Å². The fourth-order valence-electron chi connectivity index (χ4n) is 0.902. The predicted octanol–water partition coefficient (Wildman–Crippen LogP) is -0.500. The zero-order valence-corrected chi connectivity index (χ0v) is 6.22. The molecule has 0 aliphatic carbocycles. The molecule has 0 aliphatic rings. The molecule has 0 spiro atoms. The molecule has 0 aliphatic heterocycles. The fourth-order valence-corrected chi connectivity index (χ4v) is 0.902. The maximum absolute atomic E-state index is 8.80. The molecule has 1 aromatic rings. The molecule has 1 aromatic heterocycles. The lowest BCUT2D eigenvalue weighted by Crippen LogP contribution is -2.42. The molecule has 0 amide bonds. The number of aliphatic hydroxyl groups excluding tert-OH is 2. The Morgan fingerprint density at radius 2 is 1.55 bits per heavy atom. The van der Waals surface area contributed by atoms with E-state index in [1.165, 1.54) is 0 Å². The maximum atomic E-state index is 8.80. The van der Waals surface area contributed by atoms with Crippen LogP contribution in [-0.2, 0) is 0 Å². The number of nitrogens with zero attached hydrogens (tertiary/aromatic N) is 1. The van der Waals surface area contributed by atoms with Crippen LogP contribution in [0.4, 0.5) is 0 Å². The largest absolute Gasteiger partial charge is 0.389 e. The summed E-state index contributed by atoms with van der Waals surface area (Å²) in [5, 5.41) is 17.6. The Balaban J connectivity index is 2.74. The SMILES string of the molecule is OCC(CO)[n+]1ccccc1. The van der Waals surface area contributed by atoms with Crippen molar-refractivity contribution < 1.29 is 14.8 Å². The topological polar surface area (TPSA) is 44.3 Å². The molecule has 1 heterocycles. The Morgan fingerprint density at radius 1 is 1.00 bits per heavy atom. The third-order valence-corrected chi connectivity index (χ3v) is 1.58. The molecule has 1 rings (SSSR count). The summed E-state index contributed by atoms with van der Waals surface area (Å²) in [4.78, 5) is 0. The number of aliphatic hydroxyl groups is 2. The Bertz CT molecular complexity index is 197. The lowest BCUT2D eigenvalue weighted by molar-refractivity contribution is -0.726. The summed E-state index contributed by atoms with van der Waals surface area (Å²) in [7, 11) is 0. The molecule has 0 radical (unpaired) electrons. The van der Waals surface area contributed by atoms with Crippen LogP contribution in [0.1, 0.15) is 6.04 Å². The second-order valence-corrected chi connectivity index (χ2v) is 2.34. The summed E-state index contributed by atoms with van der Waals surface area (Å²) in [5.74, 6) is 0. The van der Waals surface area contributed by atoms with Gasteiger partial charge < -0.3 is 10.2 Å². The van der Waals surface area contributed by atoms with Crippen molar-refractivity contribution in [3.05, 3.63) is 30.6 Å². The van der Waals surface area contributed by atoms with Crippen molar-refractivity contribution in [1.82, 2.24) is 0 Å². The van der Waals surface area contributed by atoms with Gasteiger partial charge in [0.05, 0.1) is 0 Å². The van der Waals surface area contributed by atoms with Crippen molar-refractivity contribution in [1.29, 1.82) is 0 Å². The van der Waals surface area contributed by atoms with Gasteiger partial charge in [0.2, 0.25) is 6.04 Å². The van der Waals surface area contributed by atoms with E-state index in [0.717, 1.165) is 0 Å². The molecule has 0 fully saturated rings. The number of pyridine rings is 1. The first kappa shape index (κ1) is 8.17. The summed E-state index contributed by atoms with van der Waals surface area (Å²) in [6.45, 7) is -0.0731. The van der Waals surface area contributed by atoms with E-state index in [2.05, 4.69) is 0 Å². The third-order valence-electron chi connectivity index (χ3n) is 1.58. The molecule has 2 N–H and O–H groups in total. The summed E-state index contributed by atoms with van der Waals surface area (Å²) in [6.07, 6.45) is 3.63. The zero-order valence-electron chi connectivity index (χ0n) is 6.22. The van der Waals surface area contributed by atoms with E-state index in [1.807, 2.05) is 30.6 Å². The Hall–Kier alpha value is -0.930. The average Bonchev–Trinajstić information content (AvgIpc) is 2.09. The molecule has 3 heteroatoms. The molecular weight excluding hydrogens is 142 g/mol. The number of aromatic nitrogens is 1. The summed E-state index contributed by atoms with van der Waals surface area (Å²) in [6, 6.07) is 5.40. The highest BCUT2D eigenvalue weighted by Gasteiger charge is 2.13. The molecule has 0 aromatic carbocycles. The highest BCUT2D eigenvalue weighted by atomic mass is 16.3. The lowest BCUT2D eigenvalue weighted by Gasteiger charge is -2.04. The van der Waals surface area contributed by atoms with Gasteiger partial charge >= 0.3 is 0 Å². The zero-order chi connectivity index (χ0) is 8.10. The van der Waals surface area contributed by atoms with E-state index in [4.69, 9.17) is 10.2 Å². The molecular formula is C8H12NO2+. The Morgan fingerprint density at radius 3 is 2.00 bits per heavy atom. The molecule has 0 atom stereocenters. The van der Waals surface area contributed by atoms with Crippen LogP contribution in [0.2, 0.25) is 0 Å². The van der Waals surface area contributed by atoms with Crippen LogP contribution in [-0.4, -0.2) is 23.4 Å². The first-order valence-corrected chi connectivity index (χ1v) is 3.56. The number of rotatable bonds is 3. The van der Waals surface area contributed by atoms with Crippen molar-refractivity contribution in [2.24, 2.45) is 0 Å². The molecule has 11 heavy (non-hydrogen) atoms. The van der Waals surface area contributed by atoms with Crippen LogP contribution in [0.5, 0.6) is 0 Å². The average molecular weight is 154 g/mol. The Kier molecular flexibility index (Phi) is 3.01. The third kappa shape index (κ3) is 2.00. The molecule has 60 valence electrons. The van der Waals surface area contributed by atoms with Gasteiger partial charge in [0.15, 0.2) is 12.4 Å². The minimum atomic E-state index is -0.212. The minimum Gasteiger partial charge on any atom is -0.389 e. The summed E-state index contributed by atoms with van der Waals surface area (Å²) < 4.78 is 1.78. The van der Waals surface area contributed by atoms with Crippen LogP contribution in [0.15, 0.2) is 30.6 Å². The van der Waals surface area contributed by atoms with Gasteiger partial charge in [-0.3, -0.25) is 0 Å². The smallest absolute Gasteiger partial charge is 0.203 e. The van der Waals surface area contributed by atoms with Crippen molar-refractivity contribution in [2.75, 3.05) is 13.2 Å². The van der Waals surface area contributed by atoms with Crippen molar-refractivity contribution in [3.8, 4) is 0 Å². The molecule has 0 unspecified atom stereocenters. The van der Waals surface area contributed by atoms with Crippen LogP contribution in [0.3, 0.4) is 0 Å². The van der Waals surface area contributed by atoms with Gasteiger partial charge in [-0.15, -0.1) is 0 Å². The van der Waals surface area contributed by atoms with Crippen molar-refractivity contribution in [2.45, 2.75) is 6.04 Å². The molecule has 0 saturated heterocycles. The molecule has 3 nitrogen and oxygen atoms in total. The van der Waals surface area contributed by atoms with E-state index >= 15 is 0 Å². The summed E-state index contributed by atoms with van der Waals surface area (Å²) >= 11 is 0. The first-order valence-electron chi connectivity index (χ1n) is 3.56. The van der Waals surface area contributed by atoms with Gasteiger partial charge in [0, 0.05) is 12.1 Å². The fraction of sp³-hybridized carbons (Fsp3) is 0.375. The van der Waals surface area contributed by atoms with Crippen molar-refractivity contribution in [3.63, 3.8) is 0 Å². The normalized spacial score (nSPS) is 10.5. The first-order chi connectivity index (χ1) is 5.38. The van der Waals surface area contributed by atoms with Crippen LogP contribution in [0, 0.1) is 0 Å². The van der Waals surface area contributed by atoms with E-state index in [9.17, 15) is 0 Å². The van der Waals surface area contributed by atoms with Crippen LogP contribution >= 0.6 is 0 Å². The van der Waals surface area contributed by atoms with Crippen molar-refractivity contribution >= 4 is 0 Å². The van der Waals surface area contributed by atoms with E-state index < -0.39 is 0 Å². The van der Waals surface area contributed by atoms with Gasteiger partial charge in [-0.05, 0) is 0 Å². The van der Waals surface area contributed by atoms with E-state index in [-0.39, 0.29) is 19.3 Å². The number of hydrogen-bond acceptors (Lipinski definition) is 2. The Labute approximate surface area is 65.5 Å². The second kappa shape index (κ2) is 4.05. The monoisotopic (exact) mass is 154 g/mol. The quantitative estimate of drug-likeness (QED) is 0.576. The van der Waals surface area contributed by atoms with Gasteiger partial charge in [-0.1, -0.05) is 6.07 Å². The van der Waals surface area contributed by atoms with Gasteiger partial charge in [0.25, 0.3) is 0 Å². The van der Waals surface area contributed by atoms with E-state index in [1.54, 1.807) is 4.57 Å². The standard InChI is InChI=1S/C8H12NO2/c10-6-8(7-11)9-4-2-1-3-5-9/h1-5,8,10-11H,6-7H2/q+1. The molecule has 0 bridgehead atoms. The van der Waals surface area contributed by atoms with Gasteiger partial charge in [-0.2, -0.15) is 4.57 Å². The molecule has 0 saturated carbocycles. The van der Waals surface area contributed by atoms with E-state index in [0.29, 0.717) is 0 Å². The predicted molar refractivity (Wildman–Crippen MR) is 39.8 cm³/mol. The lowest BCUT2D eigenvalue weighted by atomic mass is 10.3. The highest BCUT2D eigenvalue weighted by molar-refractivity contribution is 4.84. The summed E-state index contributed by atoms with van der Waals surface area (Å²) in [5.41, 5.74) is 0. The highest BCUT2D eigenvalue weighted by Crippen LogP contribution is 1.91. The number of hydrogen-bond donors (Lipinski definition) is 2. The van der Waals surface area contributed by atoms with Crippen LogP contribution < -0.4 is 4.57 Å². The second-order valence-electron chi connectivity index (χ2n) is 2.34. The minimum absolute atomic E-state index is 0.0365. The maximum Gasteiger partial charge on any atom is 0.203 e.